The first-order valence-electron chi connectivity index (χ1n) is 12.4. The molecule has 4 aromatic rings. The van der Waals surface area contributed by atoms with Crippen molar-refractivity contribution in [2.75, 3.05) is 19.4 Å². The van der Waals surface area contributed by atoms with Crippen LogP contribution in [0.3, 0.4) is 0 Å². The van der Waals surface area contributed by atoms with Gasteiger partial charge in [0.1, 0.15) is 5.82 Å². The van der Waals surface area contributed by atoms with Crippen molar-refractivity contribution < 1.29 is 0 Å². The highest BCUT2D eigenvalue weighted by Gasteiger charge is 2.23. The molecule has 0 radical (unpaired) electrons. The summed E-state index contributed by atoms with van der Waals surface area (Å²) < 4.78 is 3.65. The van der Waals surface area contributed by atoms with Gasteiger partial charge in [-0.1, -0.05) is 32.9 Å². The van der Waals surface area contributed by atoms with Crippen LogP contribution in [0.4, 0.5) is 11.5 Å². The van der Waals surface area contributed by atoms with Crippen molar-refractivity contribution in [2.24, 2.45) is 0 Å². The standard InChI is InChI=1S/C29H34N6O/c1-7-12-34-28(36)24-18-31-27(32-21-9-8-19-14-23(33(5)6)15-20(19)13-21)17-25(24)35(34)22-10-11-30-26(16-22)29(2,3)4/h7-11,13,16-18,23H,1,12,14-15H2,2-6H3,(H,31,32). The first kappa shape index (κ1) is 24.0. The van der Waals surface area contributed by atoms with E-state index in [1.165, 1.54) is 11.1 Å². The number of fused-ring (bicyclic) bond motifs is 2. The molecule has 3 aromatic heterocycles. The van der Waals surface area contributed by atoms with Crippen molar-refractivity contribution in [2.45, 2.75) is 51.6 Å². The molecular formula is C29H34N6O. The van der Waals surface area contributed by atoms with Crippen molar-refractivity contribution in [1.82, 2.24) is 24.2 Å². The van der Waals surface area contributed by atoms with Gasteiger partial charge in [0.15, 0.2) is 0 Å². The smallest absolute Gasteiger partial charge is 0.276 e. The molecule has 0 saturated carbocycles. The van der Waals surface area contributed by atoms with Crippen LogP contribution >= 0.6 is 0 Å². The Bertz CT molecular complexity index is 1500. The van der Waals surface area contributed by atoms with Gasteiger partial charge >= 0.3 is 0 Å². The highest BCUT2D eigenvalue weighted by atomic mass is 16.1. The summed E-state index contributed by atoms with van der Waals surface area (Å²) in [6.45, 7) is 10.6. The summed E-state index contributed by atoms with van der Waals surface area (Å²) in [6, 6.07) is 13.0. The molecule has 3 heterocycles. The summed E-state index contributed by atoms with van der Waals surface area (Å²) in [5.74, 6) is 0.694. The first-order chi connectivity index (χ1) is 17.2. The number of benzene rings is 1. The number of hydrogen-bond acceptors (Lipinski definition) is 5. The van der Waals surface area contributed by atoms with Crippen molar-refractivity contribution in [3.8, 4) is 5.69 Å². The minimum Gasteiger partial charge on any atom is -0.340 e. The molecule has 1 unspecified atom stereocenters. The molecule has 0 fully saturated rings. The molecule has 1 aliphatic rings. The Kier molecular flexibility index (Phi) is 6.04. The number of rotatable bonds is 6. The van der Waals surface area contributed by atoms with Gasteiger partial charge in [0.05, 0.1) is 23.1 Å². The van der Waals surface area contributed by atoms with Gasteiger partial charge in [-0.15, -0.1) is 6.58 Å². The van der Waals surface area contributed by atoms with Crippen LogP contribution < -0.4 is 10.9 Å². The largest absolute Gasteiger partial charge is 0.340 e. The Morgan fingerprint density at radius 1 is 1.11 bits per heavy atom. The third kappa shape index (κ3) is 4.35. The highest BCUT2D eigenvalue weighted by Crippen LogP contribution is 2.29. The minimum atomic E-state index is -0.115. The fraction of sp³-hybridized carbons (Fsp3) is 0.345. The van der Waals surface area contributed by atoms with E-state index in [1.54, 1.807) is 23.2 Å². The molecule has 0 bridgehead atoms. The van der Waals surface area contributed by atoms with E-state index in [1.807, 2.05) is 22.9 Å². The van der Waals surface area contributed by atoms with Gasteiger partial charge in [-0.2, -0.15) is 0 Å². The molecule has 1 atom stereocenters. The number of likely N-dealkylation sites (N-methyl/N-ethyl adjacent to an activating group) is 1. The van der Waals surface area contributed by atoms with Crippen molar-refractivity contribution in [3.63, 3.8) is 0 Å². The van der Waals surface area contributed by atoms with Gasteiger partial charge in [-0.05, 0) is 62.3 Å². The fourth-order valence-corrected chi connectivity index (χ4v) is 4.93. The van der Waals surface area contributed by atoms with Crippen LogP contribution in [-0.2, 0) is 24.8 Å². The number of allylic oxidation sites excluding steroid dienone is 1. The summed E-state index contributed by atoms with van der Waals surface area (Å²) in [4.78, 5) is 24.7. The molecule has 1 aliphatic carbocycles. The summed E-state index contributed by atoms with van der Waals surface area (Å²) >= 11 is 0. The van der Waals surface area contributed by atoms with E-state index in [0.29, 0.717) is 23.8 Å². The lowest BCUT2D eigenvalue weighted by atomic mass is 9.91. The zero-order chi connectivity index (χ0) is 25.6. The quantitative estimate of drug-likeness (QED) is 0.399. The van der Waals surface area contributed by atoms with Gasteiger partial charge < -0.3 is 10.2 Å². The maximum Gasteiger partial charge on any atom is 0.276 e. The third-order valence-corrected chi connectivity index (χ3v) is 7.00. The van der Waals surface area contributed by atoms with E-state index in [-0.39, 0.29) is 11.0 Å². The molecule has 0 aliphatic heterocycles. The molecule has 5 rings (SSSR count). The monoisotopic (exact) mass is 482 g/mol. The average Bonchev–Trinajstić information content (AvgIpc) is 3.38. The molecule has 1 aromatic carbocycles. The van der Waals surface area contributed by atoms with Crippen molar-refractivity contribution in [1.29, 1.82) is 0 Å². The lowest BCUT2D eigenvalue weighted by molar-refractivity contribution is 0.303. The highest BCUT2D eigenvalue weighted by molar-refractivity contribution is 5.83. The summed E-state index contributed by atoms with van der Waals surface area (Å²) in [6.07, 6.45) is 7.33. The molecule has 1 N–H and O–H groups in total. The van der Waals surface area contributed by atoms with Gasteiger partial charge in [0, 0.05) is 41.3 Å². The molecule has 7 nitrogen and oxygen atoms in total. The van der Waals surface area contributed by atoms with Crippen LogP contribution in [0.5, 0.6) is 0 Å². The summed E-state index contributed by atoms with van der Waals surface area (Å²) in [5.41, 5.74) is 6.21. The lowest BCUT2D eigenvalue weighted by Crippen LogP contribution is -2.27. The molecule has 0 saturated heterocycles. The van der Waals surface area contributed by atoms with Gasteiger partial charge in [0.25, 0.3) is 5.56 Å². The predicted molar refractivity (Wildman–Crippen MR) is 147 cm³/mol. The van der Waals surface area contributed by atoms with E-state index >= 15 is 0 Å². The van der Waals surface area contributed by atoms with Crippen molar-refractivity contribution >= 4 is 22.4 Å². The van der Waals surface area contributed by atoms with Crippen molar-refractivity contribution in [3.05, 3.63) is 88.6 Å². The van der Waals surface area contributed by atoms with E-state index in [0.717, 1.165) is 35.4 Å². The van der Waals surface area contributed by atoms with Gasteiger partial charge in [-0.3, -0.25) is 9.78 Å². The molecule has 0 spiro atoms. The summed E-state index contributed by atoms with van der Waals surface area (Å²) in [7, 11) is 4.28. The SMILES string of the molecule is C=CCn1c(=O)c2cnc(Nc3ccc4c(c3)CC(N(C)C)C4)cc2n1-c1ccnc(C(C)(C)C)c1. The average molecular weight is 483 g/mol. The van der Waals surface area contributed by atoms with Crippen LogP contribution in [0, 0.1) is 0 Å². The number of anilines is 2. The maximum atomic E-state index is 13.3. The van der Waals surface area contributed by atoms with Crippen LogP contribution in [-0.4, -0.2) is 44.4 Å². The number of aromatic nitrogens is 4. The lowest BCUT2D eigenvalue weighted by Gasteiger charge is -2.19. The number of hydrogen-bond donors (Lipinski definition) is 1. The second-order valence-corrected chi connectivity index (χ2v) is 10.9. The maximum absolute atomic E-state index is 13.3. The normalized spacial score (nSPS) is 15.4. The third-order valence-electron chi connectivity index (χ3n) is 7.00. The molecule has 7 heteroatoms. The van der Waals surface area contributed by atoms with E-state index < -0.39 is 0 Å². The number of nitrogens with one attached hydrogen (secondary N) is 1. The Labute approximate surface area is 212 Å². The van der Waals surface area contributed by atoms with Crippen LogP contribution in [0.25, 0.3) is 16.6 Å². The van der Waals surface area contributed by atoms with Crippen LogP contribution in [0.15, 0.2) is 66.2 Å². The molecule has 36 heavy (non-hydrogen) atoms. The Morgan fingerprint density at radius 3 is 2.61 bits per heavy atom. The molecular weight excluding hydrogens is 448 g/mol. The number of nitrogens with zero attached hydrogens (tertiary/aromatic N) is 5. The van der Waals surface area contributed by atoms with Gasteiger partial charge in [-0.25, -0.2) is 14.3 Å². The second kappa shape index (κ2) is 9.06. The van der Waals surface area contributed by atoms with E-state index in [9.17, 15) is 4.79 Å². The fourth-order valence-electron chi connectivity index (χ4n) is 4.93. The van der Waals surface area contributed by atoms with E-state index in [2.05, 4.69) is 79.8 Å². The first-order valence-corrected chi connectivity index (χ1v) is 12.4. The van der Waals surface area contributed by atoms with Gasteiger partial charge in [0.2, 0.25) is 0 Å². The van der Waals surface area contributed by atoms with Crippen LogP contribution in [0.1, 0.15) is 37.6 Å². The zero-order valence-corrected chi connectivity index (χ0v) is 21.7. The number of pyridine rings is 2. The Morgan fingerprint density at radius 2 is 1.89 bits per heavy atom. The minimum absolute atomic E-state index is 0.0923. The topological polar surface area (TPSA) is 68.0 Å². The Hall–Kier alpha value is -3.71. The predicted octanol–water partition coefficient (Wildman–Crippen LogP) is 4.84. The zero-order valence-electron chi connectivity index (χ0n) is 21.7. The molecule has 186 valence electrons. The molecule has 0 amide bonds. The van der Waals surface area contributed by atoms with Crippen LogP contribution in [0.2, 0.25) is 0 Å². The second-order valence-electron chi connectivity index (χ2n) is 10.9. The summed E-state index contributed by atoms with van der Waals surface area (Å²) in [5, 5.41) is 4.03. The van der Waals surface area contributed by atoms with E-state index in [4.69, 9.17) is 0 Å². The Balaban J connectivity index is 1.57.